The van der Waals surface area contributed by atoms with Gasteiger partial charge in [0.1, 0.15) is 11.8 Å². The molecule has 0 aromatic heterocycles. The lowest BCUT2D eigenvalue weighted by Crippen LogP contribution is -2.59. The molecule has 0 aliphatic carbocycles. The number of nitriles is 1. The second-order valence-electron chi connectivity index (χ2n) is 6.17. The van der Waals surface area contributed by atoms with E-state index in [9.17, 15) is 10.1 Å². The minimum atomic E-state index is -0.874. The Labute approximate surface area is 141 Å². The van der Waals surface area contributed by atoms with Crippen LogP contribution in [-0.4, -0.2) is 66.9 Å². The molecule has 24 heavy (non-hydrogen) atoms. The molecule has 1 aromatic carbocycles. The van der Waals surface area contributed by atoms with Crippen LogP contribution in [0.25, 0.3) is 0 Å². The highest BCUT2D eigenvalue weighted by atomic mass is 16.5. The first-order chi connectivity index (χ1) is 11.5. The van der Waals surface area contributed by atoms with E-state index in [4.69, 9.17) is 14.6 Å². The summed E-state index contributed by atoms with van der Waals surface area (Å²) in [5.41, 5.74) is 2.41. The molecule has 0 bridgehead atoms. The summed E-state index contributed by atoms with van der Waals surface area (Å²) in [6.45, 7) is 4.81. The predicted molar refractivity (Wildman–Crippen MR) is 86.1 cm³/mol. The Balaban J connectivity index is 1.77. The van der Waals surface area contributed by atoms with Gasteiger partial charge in [0.05, 0.1) is 31.4 Å². The molecule has 0 unspecified atom stereocenters. The number of morpholine rings is 1. The van der Waals surface area contributed by atoms with Crippen LogP contribution in [0.15, 0.2) is 12.1 Å². The van der Waals surface area contributed by atoms with E-state index in [1.807, 2.05) is 13.0 Å². The number of hydrogen-bond acceptors (Lipinski definition) is 5. The number of benzene rings is 1. The lowest BCUT2D eigenvalue weighted by molar-refractivity contribution is -0.0868. The summed E-state index contributed by atoms with van der Waals surface area (Å²) in [5, 5.41) is 18.5. The first-order valence-corrected chi connectivity index (χ1v) is 7.96. The second kappa shape index (κ2) is 6.67. The Morgan fingerprint density at radius 2 is 2.21 bits per heavy atom. The third kappa shape index (κ3) is 2.90. The Morgan fingerprint density at radius 1 is 1.42 bits per heavy atom. The van der Waals surface area contributed by atoms with Crippen molar-refractivity contribution >= 4 is 6.09 Å². The summed E-state index contributed by atoms with van der Waals surface area (Å²) >= 11 is 0. The zero-order valence-corrected chi connectivity index (χ0v) is 13.9. The SMILES string of the molecule is COc1ccc([C@H]2CN3CCN(C(=O)O)C[C@H]3CO2)c(C)c1C#N. The summed E-state index contributed by atoms with van der Waals surface area (Å²) in [7, 11) is 1.55. The normalized spacial score (nSPS) is 24.1. The average Bonchev–Trinajstić information content (AvgIpc) is 2.60. The molecule has 1 amide bonds. The van der Waals surface area contributed by atoms with Crippen LogP contribution in [0.4, 0.5) is 4.79 Å². The summed E-state index contributed by atoms with van der Waals surface area (Å²) in [6.07, 6.45) is -0.989. The molecular weight excluding hydrogens is 310 g/mol. The fourth-order valence-electron chi connectivity index (χ4n) is 3.51. The van der Waals surface area contributed by atoms with Crippen LogP contribution < -0.4 is 4.74 Å². The van der Waals surface area contributed by atoms with Gasteiger partial charge in [0, 0.05) is 26.2 Å². The molecule has 0 spiro atoms. The average molecular weight is 331 g/mol. The Kier molecular flexibility index (Phi) is 4.60. The lowest BCUT2D eigenvalue weighted by atomic mass is 9.96. The van der Waals surface area contributed by atoms with Gasteiger partial charge < -0.3 is 19.5 Å². The Hall–Kier alpha value is -2.30. The van der Waals surface area contributed by atoms with E-state index in [0.29, 0.717) is 44.1 Å². The van der Waals surface area contributed by atoms with Crippen LogP contribution in [0.3, 0.4) is 0 Å². The van der Waals surface area contributed by atoms with Crippen molar-refractivity contribution in [3.8, 4) is 11.8 Å². The fourth-order valence-corrected chi connectivity index (χ4v) is 3.51. The minimum Gasteiger partial charge on any atom is -0.495 e. The Morgan fingerprint density at radius 3 is 2.88 bits per heavy atom. The van der Waals surface area contributed by atoms with Gasteiger partial charge in [-0.3, -0.25) is 4.90 Å². The van der Waals surface area contributed by atoms with Crippen molar-refractivity contribution in [3.63, 3.8) is 0 Å². The topological polar surface area (TPSA) is 86.0 Å². The summed E-state index contributed by atoms with van der Waals surface area (Å²) in [4.78, 5) is 14.8. The van der Waals surface area contributed by atoms with Crippen molar-refractivity contribution in [3.05, 3.63) is 28.8 Å². The minimum absolute atomic E-state index is 0.0973. The molecule has 0 saturated carbocycles. The van der Waals surface area contributed by atoms with E-state index in [1.165, 1.54) is 4.90 Å². The van der Waals surface area contributed by atoms with Crippen LogP contribution in [0.5, 0.6) is 5.75 Å². The second-order valence-corrected chi connectivity index (χ2v) is 6.17. The van der Waals surface area contributed by atoms with Gasteiger partial charge in [0.2, 0.25) is 0 Å². The maximum absolute atomic E-state index is 11.1. The monoisotopic (exact) mass is 331 g/mol. The van der Waals surface area contributed by atoms with Crippen LogP contribution in [0.1, 0.15) is 22.8 Å². The van der Waals surface area contributed by atoms with E-state index in [0.717, 1.165) is 11.1 Å². The summed E-state index contributed by atoms with van der Waals surface area (Å²) in [5.74, 6) is 0.572. The molecular formula is C17H21N3O4. The fraction of sp³-hybridized carbons (Fsp3) is 0.529. The standard InChI is InChI=1S/C17H21N3O4/c1-11-13(3-4-15(23-2)14(11)7-18)16-9-19-5-6-20(17(21)22)8-12(19)10-24-16/h3-4,12,16H,5-6,8-10H2,1-2H3,(H,21,22)/t12-,16+/m0/s1. The van der Waals surface area contributed by atoms with Gasteiger partial charge in [-0.1, -0.05) is 6.07 Å². The zero-order valence-electron chi connectivity index (χ0n) is 13.9. The Bertz CT molecular complexity index is 685. The number of hydrogen-bond donors (Lipinski definition) is 1. The third-order valence-electron chi connectivity index (χ3n) is 4.91. The van der Waals surface area contributed by atoms with Crippen LogP contribution >= 0.6 is 0 Å². The molecule has 128 valence electrons. The van der Waals surface area contributed by atoms with Crippen LogP contribution in [-0.2, 0) is 4.74 Å². The van der Waals surface area contributed by atoms with Gasteiger partial charge in [-0.05, 0) is 24.1 Å². The molecule has 2 heterocycles. The van der Waals surface area contributed by atoms with Gasteiger partial charge in [-0.25, -0.2) is 4.79 Å². The molecule has 7 nitrogen and oxygen atoms in total. The summed E-state index contributed by atoms with van der Waals surface area (Å²) < 4.78 is 11.2. The van der Waals surface area contributed by atoms with E-state index >= 15 is 0 Å². The predicted octanol–water partition coefficient (Wildman–Crippen LogP) is 1.61. The number of carbonyl (C=O) groups is 1. The molecule has 0 radical (unpaired) electrons. The number of fused-ring (bicyclic) bond motifs is 1. The maximum atomic E-state index is 11.1. The van der Waals surface area contributed by atoms with E-state index in [1.54, 1.807) is 13.2 Å². The van der Waals surface area contributed by atoms with Crippen molar-refractivity contribution in [2.24, 2.45) is 0 Å². The molecule has 2 aliphatic heterocycles. The van der Waals surface area contributed by atoms with Crippen molar-refractivity contribution in [1.29, 1.82) is 5.26 Å². The van der Waals surface area contributed by atoms with E-state index in [-0.39, 0.29) is 12.1 Å². The third-order valence-corrected chi connectivity index (χ3v) is 4.91. The van der Waals surface area contributed by atoms with Crippen molar-refractivity contribution in [1.82, 2.24) is 9.80 Å². The molecule has 2 fully saturated rings. The van der Waals surface area contributed by atoms with Crippen molar-refractivity contribution in [2.75, 3.05) is 39.9 Å². The van der Waals surface area contributed by atoms with Gasteiger partial charge in [-0.15, -0.1) is 0 Å². The molecule has 7 heteroatoms. The largest absolute Gasteiger partial charge is 0.495 e. The van der Waals surface area contributed by atoms with Gasteiger partial charge >= 0.3 is 6.09 Å². The first-order valence-electron chi connectivity index (χ1n) is 7.96. The lowest BCUT2D eigenvalue weighted by Gasteiger charge is -2.45. The number of methoxy groups -OCH3 is 1. The molecule has 2 atom stereocenters. The quantitative estimate of drug-likeness (QED) is 0.886. The molecule has 2 aliphatic rings. The number of amides is 1. The smallest absolute Gasteiger partial charge is 0.407 e. The molecule has 1 N–H and O–H groups in total. The van der Waals surface area contributed by atoms with Gasteiger partial charge in [0.15, 0.2) is 0 Å². The number of piperazine rings is 1. The molecule has 2 saturated heterocycles. The zero-order chi connectivity index (χ0) is 17.3. The first kappa shape index (κ1) is 16.6. The number of nitrogens with zero attached hydrogens (tertiary/aromatic N) is 3. The highest BCUT2D eigenvalue weighted by Gasteiger charge is 2.36. The highest BCUT2D eigenvalue weighted by Crippen LogP contribution is 2.33. The number of ether oxygens (including phenoxy) is 2. The maximum Gasteiger partial charge on any atom is 0.407 e. The van der Waals surface area contributed by atoms with Crippen LogP contribution in [0, 0.1) is 18.3 Å². The van der Waals surface area contributed by atoms with Gasteiger partial charge in [0.25, 0.3) is 0 Å². The number of rotatable bonds is 2. The highest BCUT2D eigenvalue weighted by molar-refractivity contribution is 5.65. The number of carboxylic acid groups (broad SMARTS) is 1. The van der Waals surface area contributed by atoms with Crippen molar-refractivity contribution < 1.29 is 19.4 Å². The summed E-state index contributed by atoms with van der Waals surface area (Å²) in [6, 6.07) is 6.06. The van der Waals surface area contributed by atoms with Gasteiger partial charge in [-0.2, -0.15) is 5.26 Å². The molecule has 1 aromatic rings. The van der Waals surface area contributed by atoms with Crippen molar-refractivity contribution in [2.45, 2.75) is 19.1 Å². The van der Waals surface area contributed by atoms with E-state index in [2.05, 4.69) is 11.0 Å². The van der Waals surface area contributed by atoms with Crippen LogP contribution in [0.2, 0.25) is 0 Å². The van der Waals surface area contributed by atoms with E-state index < -0.39 is 6.09 Å². The molecule has 3 rings (SSSR count).